The molecule has 4 aromatic rings. The number of carbonyl (C=O) groups excluding carboxylic acids is 1. The number of aromatic hydroxyl groups is 1. The molecule has 0 aliphatic heterocycles. The van der Waals surface area contributed by atoms with Gasteiger partial charge in [-0.2, -0.15) is 4.52 Å². The minimum atomic E-state index is -1.43. The van der Waals surface area contributed by atoms with Crippen LogP contribution in [0.5, 0.6) is 5.88 Å². The van der Waals surface area contributed by atoms with Gasteiger partial charge in [0.25, 0.3) is 22.6 Å². The molecule has 0 saturated carbocycles. The minimum absolute atomic E-state index is 0.131. The molecule has 1 amide bonds. The Balaban J connectivity index is 1.55. The van der Waals surface area contributed by atoms with Crippen LogP contribution in [0.2, 0.25) is 0 Å². The first-order valence-electron chi connectivity index (χ1n) is 8.78. The number of aromatic nitrogens is 4. The quantitative estimate of drug-likeness (QED) is 0.242. The molecule has 14 heteroatoms. The van der Waals surface area contributed by atoms with Crippen molar-refractivity contribution in [1.29, 1.82) is 0 Å². The highest BCUT2D eigenvalue weighted by Gasteiger charge is 2.21. The molecule has 0 aliphatic rings. The average Bonchev–Trinajstić information content (AvgIpc) is 3.16. The van der Waals surface area contributed by atoms with Gasteiger partial charge < -0.3 is 26.6 Å². The van der Waals surface area contributed by atoms with Gasteiger partial charge in [-0.25, -0.2) is 14.2 Å². The first kappa shape index (κ1) is 20.4. The van der Waals surface area contributed by atoms with Crippen molar-refractivity contribution in [3.8, 4) is 5.88 Å². The Morgan fingerprint density at radius 2 is 1.94 bits per heavy atom. The lowest BCUT2D eigenvalue weighted by Crippen LogP contribution is -2.36. The number of aromatic carboxylic acids is 1. The zero-order valence-corrected chi connectivity index (χ0v) is 15.8. The van der Waals surface area contributed by atoms with Crippen LogP contribution in [0.1, 0.15) is 26.5 Å². The fourth-order valence-corrected chi connectivity index (χ4v) is 2.85. The molecule has 32 heavy (non-hydrogen) atoms. The number of carboxylic acid groups (broad SMARTS) is 1. The van der Waals surface area contributed by atoms with E-state index < -0.39 is 40.1 Å². The molecule has 0 radical (unpaired) electrons. The Labute approximate surface area is 175 Å². The standard InChI is InChI=1S/C18H12FN7O6/c19-7-2-1-6(3-8(7)22-12-11(20)13(27)14(12)28)5-21-16(29)9-4-10(18(31)32)26-15(23-9)17(30)24-25-26/h1-4,22,30H,5,20H2,(H,21,29)(H,31,32). The summed E-state index contributed by atoms with van der Waals surface area (Å²) in [5.41, 5.74) is 2.32. The Morgan fingerprint density at radius 1 is 1.19 bits per heavy atom. The summed E-state index contributed by atoms with van der Waals surface area (Å²) in [5, 5.41) is 30.6. The maximum Gasteiger partial charge on any atom is 0.354 e. The number of nitrogens with two attached hydrogens (primary N) is 1. The van der Waals surface area contributed by atoms with Gasteiger partial charge in [-0.15, -0.1) is 0 Å². The third-order valence-electron chi connectivity index (χ3n) is 4.50. The van der Waals surface area contributed by atoms with E-state index in [0.29, 0.717) is 5.56 Å². The first-order chi connectivity index (χ1) is 15.2. The van der Waals surface area contributed by atoms with Gasteiger partial charge in [-0.3, -0.25) is 14.4 Å². The van der Waals surface area contributed by atoms with E-state index in [2.05, 4.69) is 25.9 Å². The number of carboxylic acids is 1. The van der Waals surface area contributed by atoms with E-state index in [1.165, 1.54) is 12.1 Å². The molecule has 2 heterocycles. The number of carbonyl (C=O) groups is 2. The van der Waals surface area contributed by atoms with Crippen molar-refractivity contribution in [2.45, 2.75) is 6.54 Å². The van der Waals surface area contributed by atoms with E-state index in [1.807, 2.05) is 0 Å². The number of halogens is 1. The second-order valence-corrected chi connectivity index (χ2v) is 6.55. The molecule has 4 rings (SSSR count). The van der Waals surface area contributed by atoms with Crippen molar-refractivity contribution in [2.75, 3.05) is 11.1 Å². The first-order valence-corrected chi connectivity index (χ1v) is 8.78. The zero-order chi connectivity index (χ0) is 23.2. The summed E-state index contributed by atoms with van der Waals surface area (Å²) in [6.07, 6.45) is 0. The van der Waals surface area contributed by atoms with Gasteiger partial charge >= 0.3 is 5.97 Å². The second-order valence-electron chi connectivity index (χ2n) is 6.55. The van der Waals surface area contributed by atoms with Crippen molar-refractivity contribution in [3.05, 3.63) is 67.5 Å². The number of nitrogens with zero attached hydrogens (tertiary/aromatic N) is 4. The van der Waals surface area contributed by atoms with E-state index in [0.717, 1.165) is 16.6 Å². The molecule has 0 atom stereocenters. The molecule has 0 bridgehead atoms. The Kier molecular flexibility index (Phi) is 4.73. The van der Waals surface area contributed by atoms with Crippen LogP contribution in [0.15, 0.2) is 33.9 Å². The average molecular weight is 441 g/mol. The molecule has 162 valence electrons. The maximum atomic E-state index is 14.1. The third-order valence-corrected chi connectivity index (χ3v) is 4.50. The predicted octanol–water partition coefficient (Wildman–Crippen LogP) is -0.481. The van der Waals surface area contributed by atoms with Gasteiger partial charge in [0.05, 0.1) is 5.69 Å². The highest BCUT2D eigenvalue weighted by atomic mass is 19.1. The van der Waals surface area contributed by atoms with Crippen LogP contribution in [0.3, 0.4) is 0 Å². The summed E-state index contributed by atoms with van der Waals surface area (Å²) in [7, 11) is 0. The Hall–Kier alpha value is -4.88. The molecule has 2 aromatic carbocycles. The lowest BCUT2D eigenvalue weighted by Gasteiger charge is -2.12. The molecule has 0 fully saturated rings. The van der Waals surface area contributed by atoms with E-state index in [9.17, 15) is 33.8 Å². The Morgan fingerprint density at radius 3 is 2.62 bits per heavy atom. The third kappa shape index (κ3) is 3.34. The predicted molar refractivity (Wildman–Crippen MR) is 106 cm³/mol. The van der Waals surface area contributed by atoms with Gasteiger partial charge in [0.1, 0.15) is 22.9 Å². The van der Waals surface area contributed by atoms with Gasteiger partial charge in [0.15, 0.2) is 5.69 Å². The monoisotopic (exact) mass is 441 g/mol. The van der Waals surface area contributed by atoms with E-state index >= 15 is 0 Å². The molecular weight excluding hydrogens is 429 g/mol. The van der Waals surface area contributed by atoms with Crippen LogP contribution in [0.4, 0.5) is 21.5 Å². The van der Waals surface area contributed by atoms with Crippen LogP contribution >= 0.6 is 0 Å². The number of anilines is 3. The molecule has 0 unspecified atom stereocenters. The van der Waals surface area contributed by atoms with Gasteiger partial charge in [-0.1, -0.05) is 16.4 Å². The van der Waals surface area contributed by atoms with Crippen LogP contribution in [-0.4, -0.2) is 41.9 Å². The lowest BCUT2D eigenvalue weighted by atomic mass is 10.1. The summed E-state index contributed by atoms with van der Waals surface area (Å²) in [5.74, 6) is -3.60. The molecule has 13 nitrogen and oxygen atoms in total. The number of benzene rings is 1. The van der Waals surface area contributed by atoms with E-state index in [1.54, 1.807) is 0 Å². The summed E-state index contributed by atoms with van der Waals surface area (Å²) >= 11 is 0. The normalized spacial score (nSPS) is 11.0. The highest BCUT2D eigenvalue weighted by Crippen LogP contribution is 2.22. The molecule has 0 aliphatic carbocycles. The van der Waals surface area contributed by atoms with Crippen LogP contribution in [-0.2, 0) is 6.54 Å². The van der Waals surface area contributed by atoms with Crippen molar-refractivity contribution < 1.29 is 24.2 Å². The topological polar surface area (TPSA) is 202 Å². The van der Waals surface area contributed by atoms with Crippen molar-refractivity contribution in [2.24, 2.45) is 0 Å². The van der Waals surface area contributed by atoms with Crippen molar-refractivity contribution in [3.63, 3.8) is 0 Å². The highest BCUT2D eigenvalue weighted by molar-refractivity contribution is 5.96. The van der Waals surface area contributed by atoms with E-state index in [-0.39, 0.29) is 34.9 Å². The van der Waals surface area contributed by atoms with Crippen LogP contribution < -0.4 is 27.2 Å². The molecule has 0 spiro atoms. The number of hydrogen-bond donors (Lipinski definition) is 5. The molecule has 2 aromatic heterocycles. The van der Waals surface area contributed by atoms with Crippen LogP contribution in [0.25, 0.3) is 5.65 Å². The minimum Gasteiger partial charge on any atom is -0.489 e. The summed E-state index contributed by atoms with van der Waals surface area (Å²) in [6, 6.07) is 4.68. The molecular formula is C18H12FN7O6. The summed E-state index contributed by atoms with van der Waals surface area (Å²) < 4.78 is 14.8. The second kappa shape index (κ2) is 7.42. The van der Waals surface area contributed by atoms with Gasteiger partial charge in [0.2, 0.25) is 5.65 Å². The molecule has 0 saturated heterocycles. The fraction of sp³-hybridized carbons (Fsp3) is 0.0556. The van der Waals surface area contributed by atoms with Crippen molar-refractivity contribution >= 4 is 34.6 Å². The lowest BCUT2D eigenvalue weighted by molar-refractivity contribution is 0.0687. The smallest absolute Gasteiger partial charge is 0.354 e. The zero-order valence-electron chi connectivity index (χ0n) is 15.8. The number of fused-ring (bicyclic) bond motifs is 1. The number of hydrogen-bond acceptors (Lipinski definition) is 10. The number of nitrogen functional groups attached to an aromatic ring is 1. The summed E-state index contributed by atoms with van der Waals surface area (Å²) in [4.78, 5) is 50.4. The maximum absolute atomic E-state index is 14.1. The number of amides is 1. The number of nitrogens with one attached hydrogen (secondary N) is 2. The largest absolute Gasteiger partial charge is 0.489 e. The van der Waals surface area contributed by atoms with E-state index in [4.69, 9.17) is 5.73 Å². The summed E-state index contributed by atoms with van der Waals surface area (Å²) in [6.45, 7) is -0.131. The Bertz CT molecular complexity index is 1490. The fourth-order valence-electron chi connectivity index (χ4n) is 2.85. The van der Waals surface area contributed by atoms with Crippen molar-refractivity contribution in [1.82, 2.24) is 25.1 Å². The SMILES string of the molecule is Nc1c(Nc2cc(CNC(=O)c3cc(C(=O)O)n4nnc(O)c4n3)ccc2F)c(=O)c1=O. The molecule has 6 N–H and O–H groups in total. The van der Waals surface area contributed by atoms with Gasteiger partial charge in [0, 0.05) is 12.6 Å². The van der Waals surface area contributed by atoms with Gasteiger partial charge in [-0.05, 0) is 17.7 Å². The van der Waals surface area contributed by atoms with Crippen LogP contribution in [0, 0.1) is 5.82 Å². The number of rotatable bonds is 6.